The maximum Gasteiger partial charge on any atom is 0.246 e. The molecule has 1 aromatic heterocycles. The molecular weight excluding hydrogens is 394 g/mol. The molecule has 0 N–H and O–H groups in total. The first-order valence-electron chi connectivity index (χ1n) is 10.6. The number of ether oxygens (including phenoxy) is 2. The third kappa shape index (κ3) is 4.46. The van der Waals surface area contributed by atoms with Gasteiger partial charge in [0.05, 0.1) is 18.6 Å². The molecule has 162 valence electrons. The molecule has 1 aliphatic heterocycles. The lowest BCUT2D eigenvalue weighted by Gasteiger charge is -2.38. The highest BCUT2D eigenvalue weighted by Crippen LogP contribution is 2.36. The first-order chi connectivity index (χ1) is 15.1. The van der Waals surface area contributed by atoms with E-state index in [2.05, 4.69) is 10.1 Å². The number of carbonyl (C=O) groups excluding carboxylic acids is 1. The van der Waals surface area contributed by atoms with Crippen LogP contribution in [0.1, 0.15) is 31.2 Å². The zero-order chi connectivity index (χ0) is 21.7. The molecule has 1 aliphatic rings. The summed E-state index contributed by atoms with van der Waals surface area (Å²) in [5.41, 5.74) is 1.26. The van der Waals surface area contributed by atoms with Crippen molar-refractivity contribution in [2.24, 2.45) is 0 Å². The maximum absolute atomic E-state index is 13.6. The lowest BCUT2D eigenvalue weighted by atomic mass is 9.73. The molecule has 0 saturated carbocycles. The van der Waals surface area contributed by atoms with Crippen LogP contribution in [0.3, 0.4) is 0 Å². The summed E-state index contributed by atoms with van der Waals surface area (Å²) in [5.74, 6) is 1.73. The molecule has 0 radical (unpaired) electrons. The third-order valence-corrected chi connectivity index (χ3v) is 5.69. The molecule has 2 heterocycles. The molecule has 2 aromatic carbocycles. The lowest BCUT2D eigenvalue weighted by molar-refractivity contribution is -0.140. The zero-order valence-corrected chi connectivity index (χ0v) is 17.9. The first-order valence-corrected chi connectivity index (χ1v) is 10.6. The van der Waals surface area contributed by atoms with Crippen molar-refractivity contribution in [2.75, 3.05) is 26.9 Å². The second-order valence-electron chi connectivity index (χ2n) is 7.69. The van der Waals surface area contributed by atoms with Crippen LogP contribution in [-0.2, 0) is 21.5 Å². The lowest BCUT2D eigenvalue weighted by Crippen LogP contribution is -2.48. The van der Waals surface area contributed by atoms with Crippen LogP contribution in [0.15, 0.2) is 59.1 Å². The summed E-state index contributed by atoms with van der Waals surface area (Å²) in [6.07, 6.45) is 1.31. The molecule has 1 saturated heterocycles. The molecule has 3 aromatic rings. The highest BCUT2D eigenvalue weighted by Gasteiger charge is 2.43. The Morgan fingerprint density at radius 1 is 1.10 bits per heavy atom. The van der Waals surface area contributed by atoms with E-state index in [1.165, 1.54) is 0 Å². The fourth-order valence-corrected chi connectivity index (χ4v) is 4.05. The minimum atomic E-state index is -0.591. The topological polar surface area (TPSA) is 77.7 Å². The summed E-state index contributed by atoms with van der Waals surface area (Å²) in [7, 11) is 1.78. The van der Waals surface area contributed by atoms with Gasteiger partial charge in [-0.2, -0.15) is 4.98 Å². The predicted molar refractivity (Wildman–Crippen MR) is 116 cm³/mol. The number of nitrogens with zero attached hydrogens (tertiary/aromatic N) is 3. The molecule has 0 unspecified atom stereocenters. The molecule has 31 heavy (non-hydrogen) atoms. The Bertz CT molecular complexity index is 995. The number of benzene rings is 2. The van der Waals surface area contributed by atoms with Gasteiger partial charge in [-0.25, -0.2) is 0 Å². The predicted octanol–water partition coefficient (Wildman–Crippen LogP) is 3.84. The largest absolute Gasteiger partial charge is 0.494 e. The highest BCUT2D eigenvalue weighted by molar-refractivity contribution is 5.88. The van der Waals surface area contributed by atoms with E-state index in [-0.39, 0.29) is 12.5 Å². The normalized spacial score (nSPS) is 15.4. The fraction of sp³-hybridized carbons (Fsp3) is 0.375. The minimum Gasteiger partial charge on any atom is -0.494 e. The number of hydrogen-bond acceptors (Lipinski definition) is 6. The van der Waals surface area contributed by atoms with Gasteiger partial charge in [0.25, 0.3) is 0 Å². The van der Waals surface area contributed by atoms with Crippen molar-refractivity contribution in [3.05, 3.63) is 66.1 Å². The summed E-state index contributed by atoms with van der Waals surface area (Å²) in [4.78, 5) is 19.7. The van der Waals surface area contributed by atoms with E-state index in [9.17, 15) is 4.79 Å². The Morgan fingerprint density at radius 2 is 1.81 bits per heavy atom. The van der Waals surface area contributed by atoms with Crippen LogP contribution in [-0.4, -0.2) is 47.8 Å². The van der Waals surface area contributed by atoms with Crippen LogP contribution in [0.5, 0.6) is 5.75 Å². The van der Waals surface area contributed by atoms with Gasteiger partial charge in [0.2, 0.25) is 17.6 Å². The van der Waals surface area contributed by atoms with Crippen molar-refractivity contribution >= 4 is 5.91 Å². The van der Waals surface area contributed by atoms with Crippen LogP contribution >= 0.6 is 0 Å². The highest BCUT2D eigenvalue weighted by atomic mass is 16.5. The van der Waals surface area contributed by atoms with E-state index in [1.54, 1.807) is 11.9 Å². The molecule has 1 fully saturated rings. The van der Waals surface area contributed by atoms with Gasteiger partial charge in [-0.1, -0.05) is 35.5 Å². The Morgan fingerprint density at radius 3 is 2.48 bits per heavy atom. The summed E-state index contributed by atoms with van der Waals surface area (Å²) in [6.45, 7) is 3.94. The van der Waals surface area contributed by atoms with Crippen LogP contribution in [0, 0.1) is 0 Å². The van der Waals surface area contributed by atoms with Crippen molar-refractivity contribution in [1.29, 1.82) is 0 Å². The maximum atomic E-state index is 13.6. The number of carbonyl (C=O) groups is 1. The Balaban J connectivity index is 1.50. The molecule has 0 spiro atoms. The molecule has 0 atom stereocenters. The first kappa shape index (κ1) is 21.1. The smallest absolute Gasteiger partial charge is 0.246 e. The Labute approximate surface area is 182 Å². The van der Waals surface area contributed by atoms with Crippen molar-refractivity contribution in [3.8, 4) is 17.1 Å². The van der Waals surface area contributed by atoms with Crippen molar-refractivity contribution in [1.82, 2.24) is 15.0 Å². The van der Waals surface area contributed by atoms with Gasteiger partial charge >= 0.3 is 0 Å². The molecular formula is C24H27N3O4. The van der Waals surface area contributed by atoms with E-state index in [4.69, 9.17) is 14.0 Å². The van der Waals surface area contributed by atoms with E-state index < -0.39 is 5.41 Å². The van der Waals surface area contributed by atoms with E-state index in [0.717, 1.165) is 16.9 Å². The second kappa shape index (κ2) is 9.31. The van der Waals surface area contributed by atoms with Crippen LogP contribution in [0.2, 0.25) is 0 Å². The second-order valence-corrected chi connectivity index (χ2v) is 7.69. The molecule has 7 nitrogen and oxygen atoms in total. The molecule has 0 aliphatic carbocycles. The van der Waals surface area contributed by atoms with Crippen LogP contribution in [0.4, 0.5) is 0 Å². The summed E-state index contributed by atoms with van der Waals surface area (Å²) in [6, 6.07) is 17.5. The Kier molecular flexibility index (Phi) is 6.32. The van der Waals surface area contributed by atoms with Crippen molar-refractivity contribution < 1.29 is 18.8 Å². The summed E-state index contributed by atoms with van der Waals surface area (Å²) < 4.78 is 16.4. The summed E-state index contributed by atoms with van der Waals surface area (Å²) in [5, 5.41) is 4.08. The van der Waals surface area contributed by atoms with E-state index >= 15 is 0 Å². The monoisotopic (exact) mass is 421 g/mol. The molecule has 4 rings (SSSR count). The van der Waals surface area contributed by atoms with Gasteiger partial charge in [-0.05, 0) is 49.6 Å². The van der Waals surface area contributed by atoms with E-state index in [1.807, 2.05) is 61.5 Å². The van der Waals surface area contributed by atoms with Crippen LogP contribution in [0.25, 0.3) is 11.4 Å². The van der Waals surface area contributed by atoms with Crippen LogP contribution < -0.4 is 4.74 Å². The average Bonchev–Trinajstić information content (AvgIpc) is 3.28. The third-order valence-electron chi connectivity index (χ3n) is 5.69. The SMILES string of the molecule is CCOc1ccc(-c2noc(CN(C)C(=O)C3(c4ccccc4)CCOCC3)n2)cc1. The minimum absolute atomic E-state index is 0.0443. The quantitative estimate of drug-likeness (QED) is 0.577. The number of likely N-dealkylation sites (N-methyl/N-ethyl adjacent to an activating group) is 1. The zero-order valence-electron chi connectivity index (χ0n) is 17.9. The standard InChI is InChI=1S/C24H27N3O4/c1-3-30-20-11-9-18(10-12-20)22-25-21(31-26-22)17-27(2)23(28)24(13-15-29-16-14-24)19-7-5-4-6-8-19/h4-12H,3,13-17H2,1-2H3. The van der Waals surface area contributed by atoms with Gasteiger partial charge in [0.1, 0.15) is 5.75 Å². The number of rotatable bonds is 7. The molecule has 0 bridgehead atoms. The van der Waals surface area contributed by atoms with Crippen molar-refractivity contribution in [3.63, 3.8) is 0 Å². The number of amides is 1. The average molecular weight is 421 g/mol. The number of hydrogen-bond donors (Lipinski definition) is 0. The van der Waals surface area contributed by atoms with Crippen molar-refractivity contribution in [2.45, 2.75) is 31.7 Å². The summed E-state index contributed by atoms with van der Waals surface area (Å²) >= 11 is 0. The molecule has 7 heteroatoms. The Hall–Kier alpha value is -3.19. The van der Waals surface area contributed by atoms with Gasteiger partial charge in [-0.3, -0.25) is 4.79 Å². The van der Waals surface area contributed by atoms with Gasteiger partial charge in [0.15, 0.2) is 0 Å². The fourth-order valence-electron chi connectivity index (χ4n) is 4.05. The molecule has 1 amide bonds. The number of aromatic nitrogens is 2. The van der Waals surface area contributed by atoms with E-state index in [0.29, 0.717) is 44.4 Å². The van der Waals surface area contributed by atoms with Gasteiger partial charge in [-0.15, -0.1) is 0 Å². The van der Waals surface area contributed by atoms with Gasteiger partial charge in [0, 0.05) is 25.8 Å². The van der Waals surface area contributed by atoms with Gasteiger partial charge < -0.3 is 18.9 Å².